The first-order valence-corrected chi connectivity index (χ1v) is 11.3. The van der Waals surface area contributed by atoms with Gasteiger partial charge in [0.15, 0.2) is 21.3 Å². The van der Waals surface area contributed by atoms with Crippen LogP contribution in [0.25, 0.3) is 11.5 Å². The molecular formula is C21H23N3O6S. The summed E-state index contributed by atoms with van der Waals surface area (Å²) in [7, 11) is -0.253. The third-order valence-electron chi connectivity index (χ3n) is 4.39. The number of hydrogen-bond acceptors (Lipinski definition) is 8. The van der Waals surface area contributed by atoms with E-state index in [1.807, 2.05) is 6.07 Å². The monoisotopic (exact) mass is 445 g/mol. The number of sulfone groups is 1. The zero-order valence-electron chi connectivity index (χ0n) is 17.2. The Hall–Kier alpha value is -3.40. The van der Waals surface area contributed by atoms with Crippen LogP contribution in [-0.4, -0.2) is 44.5 Å². The Morgan fingerprint density at radius 3 is 2.48 bits per heavy atom. The molecule has 31 heavy (non-hydrogen) atoms. The highest BCUT2D eigenvalue weighted by molar-refractivity contribution is 7.90. The second-order valence-electron chi connectivity index (χ2n) is 6.71. The van der Waals surface area contributed by atoms with Crippen LogP contribution in [0.3, 0.4) is 0 Å². The van der Waals surface area contributed by atoms with E-state index in [-0.39, 0.29) is 36.3 Å². The van der Waals surface area contributed by atoms with Crippen LogP contribution < -0.4 is 14.8 Å². The minimum Gasteiger partial charge on any atom is -0.493 e. The van der Waals surface area contributed by atoms with E-state index >= 15 is 0 Å². The largest absolute Gasteiger partial charge is 0.493 e. The van der Waals surface area contributed by atoms with Crippen molar-refractivity contribution >= 4 is 21.8 Å². The van der Waals surface area contributed by atoms with Crippen molar-refractivity contribution in [3.05, 3.63) is 54.1 Å². The van der Waals surface area contributed by atoms with Crippen molar-refractivity contribution < 1.29 is 27.1 Å². The van der Waals surface area contributed by atoms with E-state index in [2.05, 4.69) is 15.5 Å². The molecule has 0 aliphatic heterocycles. The fraction of sp³-hybridized carbons (Fsp3) is 0.286. The molecule has 0 bridgehead atoms. The lowest BCUT2D eigenvalue weighted by molar-refractivity contribution is -0.116. The highest BCUT2D eigenvalue weighted by Crippen LogP contribution is 2.32. The third kappa shape index (κ3) is 6.29. The van der Waals surface area contributed by atoms with Gasteiger partial charge in [-0.15, -0.1) is 5.10 Å². The van der Waals surface area contributed by atoms with Gasteiger partial charge >= 0.3 is 6.01 Å². The fourth-order valence-corrected chi connectivity index (χ4v) is 4.32. The molecule has 10 heteroatoms. The first kappa shape index (κ1) is 22.3. The summed E-state index contributed by atoms with van der Waals surface area (Å²) in [5.74, 6) is 0.713. The van der Waals surface area contributed by atoms with Crippen LogP contribution in [-0.2, 0) is 20.4 Å². The topological polar surface area (TPSA) is 121 Å². The van der Waals surface area contributed by atoms with Crippen molar-refractivity contribution in [2.75, 3.05) is 25.3 Å². The first-order chi connectivity index (χ1) is 14.9. The van der Waals surface area contributed by atoms with Gasteiger partial charge in [0.1, 0.15) is 0 Å². The number of hydrogen-bond donors (Lipinski definition) is 1. The van der Waals surface area contributed by atoms with Crippen LogP contribution in [0, 0.1) is 0 Å². The predicted octanol–water partition coefficient (Wildman–Crippen LogP) is 3.09. The summed E-state index contributed by atoms with van der Waals surface area (Å²) < 4.78 is 40.3. The fourth-order valence-electron chi connectivity index (χ4n) is 2.89. The zero-order valence-corrected chi connectivity index (χ0v) is 18.0. The summed E-state index contributed by atoms with van der Waals surface area (Å²) in [6.45, 7) is 0. The SMILES string of the molecule is COc1ccc(-c2nnc(NC(=O)CCCS(=O)(=O)Cc3ccccc3)o2)cc1OC. The molecule has 164 valence electrons. The maximum absolute atomic E-state index is 12.2. The van der Waals surface area contributed by atoms with Gasteiger partial charge < -0.3 is 13.9 Å². The van der Waals surface area contributed by atoms with E-state index in [0.29, 0.717) is 17.1 Å². The van der Waals surface area contributed by atoms with E-state index in [0.717, 1.165) is 5.56 Å². The normalized spacial score (nSPS) is 11.2. The molecule has 2 aromatic carbocycles. The molecule has 1 aromatic heterocycles. The molecule has 0 aliphatic rings. The van der Waals surface area contributed by atoms with Crippen molar-refractivity contribution in [1.82, 2.24) is 10.2 Å². The average molecular weight is 445 g/mol. The van der Waals surface area contributed by atoms with Crippen LogP contribution in [0.15, 0.2) is 52.9 Å². The number of nitrogens with one attached hydrogen (secondary N) is 1. The summed E-state index contributed by atoms with van der Waals surface area (Å²) in [6, 6.07) is 14.0. The Morgan fingerprint density at radius 1 is 1.03 bits per heavy atom. The summed E-state index contributed by atoms with van der Waals surface area (Å²) in [5, 5.41) is 10.2. The molecule has 3 aromatic rings. The number of methoxy groups -OCH3 is 2. The number of carbonyl (C=O) groups is 1. The predicted molar refractivity (Wildman–Crippen MR) is 115 cm³/mol. The van der Waals surface area contributed by atoms with Gasteiger partial charge in [-0.3, -0.25) is 10.1 Å². The quantitative estimate of drug-likeness (QED) is 0.505. The maximum atomic E-state index is 12.2. The summed E-state index contributed by atoms with van der Waals surface area (Å²) in [5.41, 5.74) is 1.32. The minimum atomic E-state index is -3.30. The van der Waals surface area contributed by atoms with Crippen molar-refractivity contribution in [1.29, 1.82) is 0 Å². The van der Waals surface area contributed by atoms with E-state index in [1.165, 1.54) is 14.2 Å². The van der Waals surface area contributed by atoms with Gasteiger partial charge in [-0.1, -0.05) is 35.4 Å². The number of carbonyl (C=O) groups excluding carboxylic acids is 1. The molecule has 0 saturated carbocycles. The van der Waals surface area contributed by atoms with Crippen molar-refractivity contribution in [3.63, 3.8) is 0 Å². The lowest BCUT2D eigenvalue weighted by Gasteiger charge is -2.07. The smallest absolute Gasteiger partial charge is 0.322 e. The molecule has 1 N–H and O–H groups in total. The molecule has 3 rings (SSSR count). The Bertz CT molecular complexity index is 1130. The highest BCUT2D eigenvalue weighted by atomic mass is 32.2. The van der Waals surface area contributed by atoms with Gasteiger partial charge in [-0.05, 0) is 30.2 Å². The number of benzene rings is 2. The lowest BCUT2D eigenvalue weighted by Crippen LogP contribution is -2.15. The van der Waals surface area contributed by atoms with Crippen LogP contribution in [0.5, 0.6) is 11.5 Å². The van der Waals surface area contributed by atoms with Crippen LogP contribution in [0.4, 0.5) is 6.01 Å². The van der Waals surface area contributed by atoms with Crippen molar-refractivity contribution in [2.24, 2.45) is 0 Å². The molecule has 9 nitrogen and oxygen atoms in total. The summed E-state index contributed by atoms with van der Waals surface area (Å²) >= 11 is 0. The van der Waals surface area contributed by atoms with Gasteiger partial charge in [-0.25, -0.2) is 8.42 Å². The van der Waals surface area contributed by atoms with Gasteiger partial charge in [0.05, 0.1) is 25.7 Å². The van der Waals surface area contributed by atoms with Gasteiger partial charge in [0, 0.05) is 12.0 Å². The lowest BCUT2D eigenvalue weighted by atomic mass is 10.2. The summed E-state index contributed by atoms with van der Waals surface area (Å²) in [6.07, 6.45) is 0.208. The summed E-state index contributed by atoms with van der Waals surface area (Å²) in [4.78, 5) is 12.1. The molecular weight excluding hydrogens is 422 g/mol. The Morgan fingerprint density at radius 2 is 1.77 bits per heavy atom. The molecule has 1 amide bonds. The molecule has 0 saturated heterocycles. The number of nitrogens with zero attached hydrogens (tertiary/aromatic N) is 2. The second kappa shape index (κ2) is 10.1. The Labute approximate surface area is 180 Å². The van der Waals surface area contributed by atoms with Crippen LogP contribution in [0.1, 0.15) is 18.4 Å². The Balaban J connectivity index is 1.52. The zero-order chi connectivity index (χ0) is 22.3. The van der Waals surface area contributed by atoms with E-state index in [1.54, 1.807) is 42.5 Å². The Kier molecular flexibility index (Phi) is 7.24. The molecule has 1 heterocycles. The molecule has 0 aliphatic carbocycles. The van der Waals surface area contributed by atoms with Gasteiger partial charge in [0.25, 0.3) is 0 Å². The molecule has 0 unspecified atom stereocenters. The van der Waals surface area contributed by atoms with Crippen LogP contribution in [0.2, 0.25) is 0 Å². The standard InChI is InChI=1S/C21H23N3O6S/c1-28-17-11-10-16(13-18(17)29-2)20-23-24-21(30-20)22-19(25)9-6-12-31(26,27)14-15-7-4-3-5-8-15/h3-5,7-8,10-11,13H,6,9,12,14H2,1-2H3,(H,22,24,25). The molecule has 0 spiro atoms. The highest BCUT2D eigenvalue weighted by Gasteiger charge is 2.16. The molecule has 0 fully saturated rings. The van der Waals surface area contributed by atoms with E-state index < -0.39 is 15.7 Å². The van der Waals surface area contributed by atoms with Crippen molar-refractivity contribution in [2.45, 2.75) is 18.6 Å². The van der Waals surface area contributed by atoms with Gasteiger partial charge in [-0.2, -0.15) is 0 Å². The minimum absolute atomic E-state index is 0.0160. The van der Waals surface area contributed by atoms with E-state index in [9.17, 15) is 13.2 Å². The number of ether oxygens (including phenoxy) is 2. The van der Waals surface area contributed by atoms with E-state index in [4.69, 9.17) is 13.9 Å². The third-order valence-corrected chi connectivity index (χ3v) is 6.07. The van der Waals surface area contributed by atoms with Crippen LogP contribution >= 0.6 is 0 Å². The number of anilines is 1. The van der Waals surface area contributed by atoms with Crippen molar-refractivity contribution in [3.8, 4) is 23.0 Å². The molecule has 0 radical (unpaired) electrons. The first-order valence-electron chi connectivity index (χ1n) is 9.50. The molecule has 0 atom stereocenters. The maximum Gasteiger partial charge on any atom is 0.322 e. The van der Waals surface area contributed by atoms with Gasteiger partial charge in [0.2, 0.25) is 11.8 Å². The second-order valence-corrected chi connectivity index (χ2v) is 8.90. The number of amides is 1. The number of aromatic nitrogens is 2. The average Bonchev–Trinajstić information content (AvgIpc) is 3.21. The number of rotatable bonds is 10.